The first-order valence-corrected chi connectivity index (χ1v) is 10.3. The predicted molar refractivity (Wildman–Crippen MR) is 123 cm³/mol. The van der Waals surface area contributed by atoms with Crippen molar-refractivity contribution in [1.29, 1.82) is 0 Å². The molecule has 4 heterocycles. The lowest BCUT2D eigenvalue weighted by Crippen LogP contribution is -2.12. The Bertz CT molecular complexity index is 827. The normalized spacial score (nSPS) is 7.97. The van der Waals surface area contributed by atoms with Gasteiger partial charge in [-0.1, -0.05) is 46.8 Å². The van der Waals surface area contributed by atoms with E-state index < -0.39 is 0 Å². The Morgan fingerprint density at radius 1 is 0.781 bits per heavy atom. The van der Waals surface area contributed by atoms with Crippen molar-refractivity contribution in [2.24, 2.45) is 28.2 Å². The number of aromatic amines is 1. The number of nitrogens with zero attached hydrogens (tertiary/aromatic N) is 12. The number of rotatable bonds is 0. The lowest BCUT2D eigenvalue weighted by Gasteiger charge is -1.75. The number of H-pyrrole nitrogens is 1. The third kappa shape index (κ3) is 19.6. The second-order valence-electron chi connectivity index (χ2n) is 4.64. The van der Waals surface area contributed by atoms with Crippen molar-refractivity contribution >= 4 is 0 Å². The monoisotopic (exact) mass is 453 g/mol. The summed E-state index contributed by atoms with van der Waals surface area (Å²) in [4.78, 5) is 15.6. The van der Waals surface area contributed by atoms with Gasteiger partial charge < -0.3 is 0 Å². The standard InChI is InChI=1S/C3H6N4.C3H5N3O.2C3H5N3.3C2H6/c1-3-4-6-7(2)5-3;1-6-3(7)4-2-5-6;1-6-3-2-4-5-6;1-6-4-2-3-5-6;3*1-2/h1-2H3;2H,1H3,(H,4,5,7);2*2-3H,1H3;3*1-2H3. The second-order valence-corrected chi connectivity index (χ2v) is 4.64. The third-order valence-corrected chi connectivity index (χ3v) is 2.40. The highest BCUT2D eigenvalue weighted by Gasteiger charge is 1.85. The minimum atomic E-state index is -0.181. The third-order valence-electron chi connectivity index (χ3n) is 2.40. The number of aromatic nitrogens is 13. The first-order valence-electron chi connectivity index (χ1n) is 10.3. The van der Waals surface area contributed by atoms with E-state index in [1.165, 1.54) is 20.6 Å². The Labute approximate surface area is 189 Å². The van der Waals surface area contributed by atoms with Crippen LogP contribution < -0.4 is 5.69 Å². The molecule has 182 valence electrons. The van der Waals surface area contributed by atoms with Crippen LogP contribution in [0, 0.1) is 6.92 Å². The molecule has 4 aromatic rings. The van der Waals surface area contributed by atoms with Gasteiger partial charge in [-0.05, 0) is 12.1 Å². The molecule has 4 rings (SSSR count). The van der Waals surface area contributed by atoms with E-state index in [1.807, 2.05) is 48.6 Å². The molecular formula is C18H39N13O. The van der Waals surface area contributed by atoms with Crippen molar-refractivity contribution in [3.05, 3.63) is 47.4 Å². The average Bonchev–Trinajstić information content (AvgIpc) is 3.63. The van der Waals surface area contributed by atoms with Gasteiger partial charge in [-0.15, -0.1) is 15.3 Å². The van der Waals surface area contributed by atoms with Gasteiger partial charge >= 0.3 is 5.69 Å². The maximum atomic E-state index is 10.3. The quantitative estimate of drug-likeness (QED) is 0.415. The number of hydrogen-bond acceptors (Lipinski definition) is 9. The Morgan fingerprint density at radius 3 is 1.47 bits per heavy atom. The van der Waals surface area contributed by atoms with Gasteiger partial charge in [0, 0.05) is 27.3 Å². The van der Waals surface area contributed by atoms with E-state index in [1.54, 1.807) is 57.5 Å². The van der Waals surface area contributed by atoms with E-state index in [2.05, 4.69) is 46.0 Å². The number of nitrogens with one attached hydrogen (secondary N) is 1. The summed E-state index contributed by atoms with van der Waals surface area (Å²) in [5.74, 6) is 0.711. The zero-order chi connectivity index (χ0) is 25.4. The number of tetrazole rings is 1. The van der Waals surface area contributed by atoms with Gasteiger partial charge in [-0.3, -0.25) is 9.67 Å². The van der Waals surface area contributed by atoms with Crippen molar-refractivity contribution in [3.8, 4) is 0 Å². The maximum absolute atomic E-state index is 10.3. The first kappa shape index (κ1) is 32.9. The first-order chi connectivity index (χ1) is 15.4. The molecule has 0 amide bonds. The van der Waals surface area contributed by atoms with Crippen molar-refractivity contribution in [2.75, 3.05) is 0 Å². The zero-order valence-corrected chi connectivity index (χ0v) is 21.2. The van der Waals surface area contributed by atoms with Gasteiger partial charge in [-0.2, -0.15) is 24.9 Å². The average molecular weight is 454 g/mol. The topological polar surface area (TPSA) is 156 Å². The van der Waals surface area contributed by atoms with Crippen LogP contribution in [-0.2, 0) is 28.2 Å². The minimum absolute atomic E-state index is 0.181. The van der Waals surface area contributed by atoms with Crippen LogP contribution >= 0.6 is 0 Å². The van der Waals surface area contributed by atoms with Crippen LogP contribution in [0.4, 0.5) is 0 Å². The van der Waals surface area contributed by atoms with Gasteiger partial charge in [0.2, 0.25) is 0 Å². The molecule has 0 spiro atoms. The molecule has 0 saturated heterocycles. The van der Waals surface area contributed by atoms with E-state index in [4.69, 9.17) is 0 Å². The molecular weight excluding hydrogens is 414 g/mol. The van der Waals surface area contributed by atoms with E-state index in [0.29, 0.717) is 5.82 Å². The molecule has 0 fully saturated rings. The molecule has 0 aliphatic rings. The van der Waals surface area contributed by atoms with Crippen molar-refractivity contribution in [2.45, 2.75) is 48.5 Å². The lowest BCUT2D eigenvalue weighted by molar-refractivity contribution is 0.629. The summed E-state index contributed by atoms with van der Waals surface area (Å²) in [7, 11) is 6.92. The largest absolute Gasteiger partial charge is 0.342 e. The Kier molecular flexibility index (Phi) is 24.3. The SMILES string of the molecule is CC.CC.CC.Cc1nnn(C)n1.Cn1ccnn1.Cn1nc[nH]c1=O.Cn1nccn1. The summed E-state index contributed by atoms with van der Waals surface area (Å²) in [6.45, 7) is 13.8. The Morgan fingerprint density at radius 2 is 1.34 bits per heavy atom. The van der Waals surface area contributed by atoms with E-state index >= 15 is 0 Å². The molecule has 0 saturated carbocycles. The van der Waals surface area contributed by atoms with Crippen LogP contribution in [0.1, 0.15) is 47.4 Å². The van der Waals surface area contributed by atoms with Crippen LogP contribution in [-0.4, -0.2) is 65.0 Å². The molecule has 14 nitrogen and oxygen atoms in total. The van der Waals surface area contributed by atoms with E-state index in [9.17, 15) is 4.79 Å². The van der Waals surface area contributed by atoms with Crippen LogP contribution in [0.25, 0.3) is 0 Å². The van der Waals surface area contributed by atoms with Gasteiger partial charge in [-0.25, -0.2) is 9.48 Å². The molecule has 4 aromatic heterocycles. The van der Waals surface area contributed by atoms with Crippen molar-refractivity contribution < 1.29 is 0 Å². The molecule has 0 radical (unpaired) electrons. The predicted octanol–water partition coefficient (Wildman–Crippen LogP) is 1.34. The fraction of sp³-hybridized carbons (Fsp3) is 0.611. The van der Waals surface area contributed by atoms with Crippen LogP contribution in [0.5, 0.6) is 0 Å². The molecule has 14 heteroatoms. The Hall–Kier alpha value is -3.71. The van der Waals surface area contributed by atoms with Gasteiger partial charge in [0.05, 0.1) is 25.6 Å². The van der Waals surface area contributed by atoms with Crippen LogP contribution in [0.3, 0.4) is 0 Å². The summed E-state index contributed by atoms with van der Waals surface area (Å²) in [6.07, 6.45) is 8.04. The molecule has 0 unspecified atom stereocenters. The minimum Gasteiger partial charge on any atom is -0.295 e. The summed E-state index contributed by atoms with van der Waals surface area (Å²) in [5.41, 5.74) is -0.181. The van der Waals surface area contributed by atoms with Gasteiger partial charge in [0.1, 0.15) is 6.33 Å². The second kappa shape index (κ2) is 23.6. The summed E-state index contributed by atoms with van der Waals surface area (Å²) in [6, 6.07) is 0. The number of hydrogen-bond donors (Lipinski definition) is 1. The number of aryl methyl sites for hydroxylation is 5. The molecule has 0 aromatic carbocycles. The Balaban J connectivity index is -0.000000325. The fourth-order valence-electron chi connectivity index (χ4n) is 1.25. The van der Waals surface area contributed by atoms with E-state index in [0.717, 1.165) is 0 Å². The molecule has 1 N–H and O–H groups in total. The molecule has 0 atom stereocenters. The smallest absolute Gasteiger partial charge is 0.295 e. The molecule has 0 aliphatic heterocycles. The van der Waals surface area contributed by atoms with Crippen molar-refractivity contribution in [1.82, 2.24) is 65.0 Å². The zero-order valence-electron chi connectivity index (χ0n) is 21.2. The molecule has 32 heavy (non-hydrogen) atoms. The van der Waals surface area contributed by atoms with Crippen LogP contribution in [0.15, 0.2) is 35.9 Å². The summed E-state index contributed by atoms with van der Waals surface area (Å²) in [5, 5.41) is 29.1. The van der Waals surface area contributed by atoms with Crippen LogP contribution in [0.2, 0.25) is 0 Å². The van der Waals surface area contributed by atoms with E-state index in [-0.39, 0.29) is 5.69 Å². The summed E-state index contributed by atoms with van der Waals surface area (Å²) >= 11 is 0. The highest BCUT2D eigenvalue weighted by Crippen LogP contribution is 1.74. The lowest BCUT2D eigenvalue weighted by atomic mass is 10.8. The highest BCUT2D eigenvalue weighted by molar-refractivity contribution is 4.65. The highest BCUT2D eigenvalue weighted by atomic mass is 16.1. The summed E-state index contributed by atoms with van der Waals surface area (Å²) < 4.78 is 2.86. The fourth-order valence-corrected chi connectivity index (χ4v) is 1.25. The maximum Gasteiger partial charge on any atom is 0.342 e. The van der Waals surface area contributed by atoms with Crippen molar-refractivity contribution in [3.63, 3.8) is 0 Å². The van der Waals surface area contributed by atoms with Gasteiger partial charge in [0.15, 0.2) is 5.82 Å². The molecule has 0 aliphatic carbocycles. The van der Waals surface area contributed by atoms with Gasteiger partial charge in [0.25, 0.3) is 0 Å². The molecule has 0 bridgehead atoms.